The highest BCUT2D eigenvalue weighted by molar-refractivity contribution is 9.10. The van der Waals surface area contributed by atoms with Crippen molar-refractivity contribution in [2.24, 2.45) is 0 Å². The van der Waals surface area contributed by atoms with E-state index in [4.69, 9.17) is 0 Å². The summed E-state index contributed by atoms with van der Waals surface area (Å²) in [5.41, 5.74) is 2.05. The summed E-state index contributed by atoms with van der Waals surface area (Å²) in [6, 6.07) is 16.7. The van der Waals surface area contributed by atoms with Crippen molar-refractivity contribution in [3.8, 4) is 10.7 Å². The monoisotopic (exact) mass is 328 g/mol. The summed E-state index contributed by atoms with van der Waals surface area (Å²) in [6.45, 7) is 0. The quantitative estimate of drug-likeness (QED) is 0.510. The number of fused-ring (bicyclic) bond motifs is 2. The van der Waals surface area contributed by atoms with Crippen LogP contribution in [0.1, 0.15) is 0 Å². The fraction of sp³-hybridized carbons (Fsp3) is 0. The summed E-state index contributed by atoms with van der Waals surface area (Å²) in [4.78, 5) is 9.21. The summed E-state index contributed by atoms with van der Waals surface area (Å²) in [5, 5.41) is 1.27. The Morgan fingerprint density at radius 1 is 1.05 bits per heavy atom. The molecule has 0 unspecified atom stereocenters. The fourth-order valence-corrected chi connectivity index (χ4v) is 3.57. The van der Waals surface area contributed by atoms with Gasteiger partial charge in [0.25, 0.3) is 0 Å². The summed E-state index contributed by atoms with van der Waals surface area (Å²) >= 11 is 5.25. The van der Waals surface area contributed by atoms with Gasteiger partial charge in [-0.05, 0) is 35.7 Å². The Morgan fingerprint density at radius 2 is 1.95 bits per heavy atom. The zero-order valence-electron chi connectivity index (χ0n) is 9.85. The Morgan fingerprint density at radius 3 is 2.84 bits per heavy atom. The zero-order valence-corrected chi connectivity index (χ0v) is 12.3. The van der Waals surface area contributed by atoms with Crippen molar-refractivity contribution in [3.05, 3.63) is 53.0 Å². The van der Waals surface area contributed by atoms with Gasteiger partial charge >= 0.3 is 0 Å². The summed E-state index contributed by atoms with van der Waals surface area (Å²) in [7, 11) is 0. The van der Waals surface area contributed by atoms with Crippen LogP contribution in [0.5, 0.6) is 0 Å². The number of nitrogens with zero attached hydrogens (tertiary/aromatic N) is 1. The third kappa shape index (κ3) is 1.88. The molecule has 4 aromatic rings. The van der Waals surface area contributed by atoms with Crippen molar-refractivity contribution in [3.63, 3.8) is 0 Å². The van der Waals surface area contributed by atoms with Gasteiger partial charge in [-0.3, -0.25) is 0 Å². The summed E-state index contributed by atoms with van der Waals surface area (Å²) in [6.07, 6.45) is 0. The third-order valence-electron chi connectivity index (χ3n) is 3.10. The lowest BCUT2D eigenvalue weighted by Crippen LogP contribution is -1.72. The molecule has 0 bridgehead atoms. The Hall–Kier alpha value is -1.65. The number of aromatic nitrogens is 2. The molecule has 2 nitrogen and oxygen atoms in total. The fourth-order valence-electron chi connectivity index (χ4n) is 2.20. The minimum Gasteiger partial charge on any atom is -0.337 e. The van der Waals surface area contributed by atoms with Gasteiger partial charge in [0.15, 0.2) is 0 Å². The summed E-state index contributed by atoms with van der Waals surface area (Å²) in [5.74, 6) is 0.939. The SMILES string of the molecule is Brc1ccc2nc(-c3cc4ccccc4s3)[nH]c2c1. The van der Waals surface area contributed by atoms with E-state index in [9.17, 15) is 0 Å². The Labute approximate surface area is 122 Å². The molecule has 1 N–H and O–H groups in total. The third-order valence-corrected chi connectivity index (χ3v) is 4.72. The van der Waals surface area contributed by atoms with Crippen LogP contribution >= 0.6 is 27.3 Å². The van der Waals surface area contributed by atoms with Gasteiger partial charge in [-0.25, -0.2) is 4.98 Å². The van der Waals surface area contributed by atoms with Gasteiger partial charge < -0.3 is 4.98 Å². The van der Waals surface area contributed by atoms with E-state index in [0.717, 1.165) is 21.3 Å². The molecule has 4 rings (SSSR count). The standard InChI is InChI=1S/C15H9BrN2S/c16-10-5-6-11-12(8-10)18-15(17-11)14-7-9-3-1-2-4-13(9)19-14/h1-8H,(H,17,18). The molecule has 0 atom stereocenters. The van der Waals surface area contributed by atoms with Crippen LogP contribution in [-0.2, 0) is 0 Å². The van der Waals surface area contributed by atoms with E-state index in [1.807, 2.05) is 12.1 Å². The average Bonchev–Trinajstić information content (AvgIpc) is 3.00. The number of imidazole rings is 1. The lowest BCUT2D eigenvalue weighted by atomic mass is 10.2. The van der Waals surface area contributed by atoms with Crippen molar-refractivity contribution >= 4 is 48.4 Å². The molecule has 4 heteroatoms. The number of aromatic amines is 1. The van der Waals surface area contributed by atoms with Crippen molar-refractivity contribution in [1.82, 2.24) is 9.97 Å². The maximum Gasteiger partial charge on any atom is 0.148 e. The molecule has 0 spiro atoms. The van der Waals surface area contributed by atoms with E-state index >= 15 is 0 Å². The highest BCUT2D eigenvalue weighted by Crippen LogP contribution is 2.33. The maximum absolute atomic E-state index is 4.65. The molecule has 0 aliphatic rings. The van der Waals surface area contributed by atoms with Crippen LogP contribution in [-0.4, -0.2) is 9.97 Å². The largest absolute Gasteiger partial charge is 0.337 e. The van der Waals surface area contributed by atoms with Gasteiger partial charge in [0.1, 0.15) is 5.82 Å². The van der Waals surface area contributed by atoms with Gasteiger partial charge in [0.2, 0.25) is 0 Å². The number of thiophene rings is 1. The second-order valence-corrected chi connectivity index (χ2v) is 6.39. The molecule has 2 aromatic heterocycles. The summed E-state index contributed by atoms with van der Waals surface area (Å²) < 4.78 is 2.35. The number of hydrogen-bond donors (Lipinski definition) is 1. The highest BCUT2D eigenvalue weighted by Gasteiger charge is 2.08. The second-order valence-electron chi connectivity index (χ2n) is 4.40. The lowest BCUT2D eigenvalue weighted by molar-refractivity contribution is 1.36. The van der Waals surface area contributed by atoms with Gasteiger partial charge in [0, 0.05) is 9.17 Å². The van der Waals surface area contributed by atoms with Crippen LogP contribution in [0.2, 0.25) is 0 Å². The van der Waals surface area contributed by atoms with Crippen LogP contribution in [0.25, 0.3) is 31.8 Å². The number of benzene rings is 2. The smallest absolute Gasteiger partial charge is 0.148 e. The molecular formula is C15H9BrN2S. The zero-order chi connectivity index (χ0) is 12.8. The van der Waals surface area contributed by atoms with Crippen molar-refractivity contribution < 1.29 is 0 Å². The van der Waals surface area contributed by atoms with Crippen LogP contribution in [0, 0.1) is 0 Å². The molecule has 2 aromatic carbocycles. The Bertz CT molecular complexity index is 858. The molecule has 0 saturated carbocycles. The number of nitrogens with one attached hydrogen (secondary N) is 1. The predicted molar refractivity (Wildman–Crippen MR) is 84.6 cm³/mol. The molecule has 19 heavy (non-hydrogen) atoms. The van der Waals surface area contributed by atoms with E-state index < -0.39 is 0 Å². The van der Waals surface area contributed by atoms with E-state index in [2.05, 4.69) is 62.3 Å². The first-order chi connectivity index (χ1) is 9.29. The average molecular weight is 329 g/mol. The van der Waals surface area contributed by atoms with E-state index in [-0.39, 0.29) is 0 Å². The van der Waals surface area contributed by atoms with Crippen LogP contribution in [0.15, 0.2) is 53.0 Å². The molecule has 0 radical (unpaired) electrons. The number of hydrogen-bond acceptors (Lipinski definition) is 2. The van der Waals surface area contributed by atoms with Crippen molar-refractivity contribution in [2.75, 3.05) is 0 Å². The number of halogens is 1. The minimum absolute atomic E-state index is 0.939. The molecule has 0 amide bonds. The topological polar surface area (TPSA) is 28.7 Å². The first kappa shape index (κ1) is 11.2. The van der Waals surface area contributed by atoms with Gasteiger partial charge in [-0.15, -0.1) is 11.3 Å². The van der Waals surface area contributed by atoms with E-state index in [1.54, 1.807) is 11.3 Å². The highest BCUT2D eigenvalue weighted by atomic mass is 79.9. The van der Waals surface area contributed by atoms with Crippen molar-refractivity contribution in [1.29, 1.82) is 0 Å². The van der Waals surface area contributed by atoms with E-state index in [0.29, 0.717) is 0 Å². The number of rotatable bonds is 1. The molecule has 0 aliphatic carbocycles. The Balaban J connectivity index is 1.93. The predicted octanol–water partition coefficient (Wildman–Crippen LogP) is 5.21. The normalized spacial score (nSPS) is 11.4. The minimum atomic E-state index is 0.939. The van der Waals surface area contributed by atoms with E-state index in [1.165, 1.54) is 15.0 Å². The maximum atomic E-state index is 4.65. The van der Waals surface area contributed by atoms with Gasteiger partial charge in [0.05, 0.1) is 15.9 Å². The van der Waals surface area contributed by atoms with Crippen molar-refractivity contribution in [2.45, 2.75) is 0 Å². The van der Waals surface area contributed by atoms with Crippen LogP contribution in [0.4, 0.5) is 0 Å². The molecule has 0 saturated heterocycles. The van der Waals surface area contributed by atoms with Crippen LogP contribution in [0.3, 0.4) is 0 Å². The van der Waals surface area contributed by atoms with Crippen LogP contribution < -0.4 is 0 Å². The first-order valence-corrected chi connectivity index (χ1v) is 7.55. The number of H-pyrrole nitrogens is 1. The molecule has 0 aliphatic heterocycles. The molecule has 0 fully saturated rings. The molecule has 92 valence electrons. The Kier molecular flexibility index (Phi) is 2.47. The van der Waals surface area contributed by atoms with Gasteiger partial charge in [-0.2, -0.15) is 0 Å². The second kappa shape index (κ2) is 4.18. The van der Waals surface area contributed by atoms with Gasteiger partial charge in [-0.1, -0.05) is 34.1 Å². The lowest BCUT2D eigenvalue weighted by Gasteiger charge is -1.88. The first-order valence-electron chi connectivity index (χ1n) is 5.94. The molecule has 2 heterocycles. The molecular weight excluding hydrogens is 320 g/mol.